The lowest BCUT2D eigenvalue weighted by Crippen LogP contribution is -2.43. The van der Waals surface area contributed by atoms with E-state index in [4.69, 9.17) is 16.3 Å². The predicted molar refractivity (Wildman–Crippen MR) is 115 cm³/mol. The third-order valence-electron chi connectivity index (χ3n) is 5.57. The molecule has 2 aliphatic rings. The lowest BCUT2D eigenvalue weighted by Gasteiger charge is -2.31. The first-order valence-electron chi connectivity index (χ1n) is 10.4. The van der Waals surface area contributed by atoms with Gasteiger partial charge in [0.25, 0.3) is 5.91 Å². The van der Waals surface area contributed by atoms with Crippen molar-refractivity contribution in [1.82, 2.24) is 25.2 Å². The van der Waals surface area contributed by atoms with E-state index >= 15 is 0 Å². The molecule has 31 heavy (non-hydrogen) atoms. The molecule has 0 aliphatic carbocycles. The molecule has 4 heterocycles. The van der Waals surface area contributed by atoms with Crippen molar-refractivity contribution in [2.75, 3.05) is 44.3 Å². The molecule has 2 saturated heterocycles. The van der Waals surface area contributed by atoms with Gasteiger partial charge in [0.1, 0.15) is 0 Å². The Bertz CT molecular complexity index is 915. The number of piperidine rings is 1. The molecule has 0 atom stereocenters. The van der Waals surface area contributed by atoms with Crippen molar-refractivity contribution < 1.29 is 14.3 Å². The average Bonchev–Trinajstić information content (AvgIpc) is 2.84. The highest BCUT2D eigenvalue weighted by molar-refractivity contribution is 6.33. The van der Waals surface area contributed by atoms with Crippen molar-refractivity contribution in [1.29, 1.82) is 0 Å². The van der Waals surface area contributed by atoms with Gasteiger partial charge in [-0.2, -0.15) is 0 Å². The molecule has 2 aliphatic heterocycles. The summed E-state index contributed by atoms with van der Waals surface area (Å²) in [5.74, 6) is 0.146. The SMILES string of the molecule is O=C(NCc1cccnc1)C1CCN(C(=O)c2nc(N3CCOCC3)ncc2Cl)CC1. The van der Waals surface area contributed by atoms with E-state index in [1.165, 1.54) is 6.20 Å². The molecule has 2 aromatic rings. The van der Waals surface area contributed by atoms with E-state index < -0.39 is 0 Å². The van der Waals surface area contributed by atoms with Crippen LogP contribution in [0.25, 0.3) is 0 Å². The molecule has 2 amide bonds. The molecular weight excluding hydrogens is 420 g/mol. The molecule has 0 bridgehead atoms. The maximum Gasteiger partial charge on any atom is 0.274 e. The molecule has 0 spiro atoms. The monoisotopic (exact) mass is 444 g/mol. The summed E-state index contributed by atoms with van der Waals surface area (Å²) in [5.41, 5.74) is 1.16. The summed E-state index contributed by atoms with van der Waals surface area (Å²) in [6.07, 6.45) is 6.11. The highest BCUT2D eigenvalue weighted by Gasteiger charge is 2.30. The summed E-state index contributed by atoms with van der Waals surface area (Å²) in [7, 11) is 0. The lowest BCUT2D eigenvalue weighted by molar-refractivity contribution is -0.126. The van der Waals surface area contributed by atoms with Crippen LogP contribution in [-0.2, 0) is 16.1 Å². The van der Waals surface area contributed by atoms with Crippen molar-refractivity contribution in [3.63, 3.8) is 0 Å². The molecule has 9 nitrogen and oxygen atoms in total. The molecular formula is C21H25ClN6O3. The number of halogens is 1. The van der Waals surface area contributed by atoms with E-state index in [2.05, 4.69) is 20.3 Å². The van der Waals surface area contributed by atoms with Crippen LogP contribution in [0.3, 0.4) is 0 Å². The lowest BCUT2D eigenvalue weighted by atomic mass is 9.95. The summed E-state index contributed by atoms with van der Waals surface area (Å²) >= 11 is 6.24. The van der Waals surface area contributed by atoms with Gasteiger partial charge in [-0.1, -0.05) is 17.7 Å². The molecule has 0 saturated carbocycles. The minimum absolute atomic E-state index is 0.00521. The molecule has 164 valence electrons. The molecule has 1 N–H and O–H groups in total. The Hall–Kier alpha value is -2.78. The first kappa shape index (κ1) is 21.5. The van der Waals surface area contributed by atoms with Crippen LogP contribution in [0.2, 0.25) is 5.02 Å². The van der Waals surface area contributed by atoms with Crippen LogP contribution in [0, 0.1) is 5.92 Å². The number of anilines is 1. The number of rotatable bonds is 5. The summed E-state index contributed by atoms with van der Waals surface area (Å²) in [6, 6.07) is 3.76. The number of carbonyl (C=O) groups is 2. The van der Waals surface area contributed by atoms with Crippen molar-refractivity contribution in [3.8, 4) is 0 Å². The average molecular weight is 445 g/mol. The van der Waals surface area contributed by atoms with Crippen LogP contribution in [0.1, 0.15) is 28.9 Å². The van der Waals surface area contributed by atoms with Crippen molar-refractivity contribution in [3.05, 3.63) is 47.0 Å². The Morgan fingerprint density at radius 3 is 2.65 bits per heavy atom. The highest BCUT2D eigenvalue weighted by Crippen LogP contribution is 2.23. The second kappa shape index (κ2) is 10.0. The zero-order chi connectivity index (χ0) is 21.6. The van der Waals surface area contributed by atoms with Gasteiger partial charge in [-0.3, -0.25) is 14.6 Å². The summed E-state index contributed by atoms with van der Waals surface area (Å²) in [6.45, 7) is 3.97. The third kappa shape index (κ3) is 5.29. The number of likely N-dealkylation sites (tertiary alicyclic amines) is 1. The molecule has 0 aromatic carbocycles. The zero-order valence-corrected chi connectivity index (χ0v) is 17.9. The van der Waals surface area contributed by atoms with E-state index in [9.17, 15) is 9.59 Å². The van der Waals surface area contributed by atoms with Gasteiger partial charge in [0.2, 0.25) is 11.9 Å². The molecule has 4 rings (SSSR count). The van der Waals surface area contributed by atoms with Crippen LogP contribution in [0.15, 0.2) is 30.7 Å². The van der Waals surface area contributed by atoms with Gasteiger partial charge in [-0.15, -0.1) is 0 Å². The fourth-order valence-electron chi connectivity index (χ4n) is 3.75. The molecule has 2 aromatic heterocycles. The summed E-state index contributed by atoms with van der Waals surface area (Å²) in [5, 5.41) is 3.19. The number of morpholine rings is 1. The Morgan fingerprint density at radius 1 is 1.16 bits per heavy atom. The number of ether oxygens (including phenoxy) is 1. The predicted octanol–water partition coefficient (Wildman–Crippen LogP) is 1.53. The first-order chi connectivity index (χ1) is 15.1. The van der Waals surface area contributed by atoms with E-state index in [-0.39, 0.29) is 28.4 Å². The topological polar surface area (TPSA) is 101 Å². The van der Waals surface area contributed by atoms with Crippen LogP contribution >= 0.6 is 11.6 Å². The number of amides is 2. The standard InChI is InChI=1S/C21H25ClN6O3/c22-17-14-25-21(28-8-10-31-11-9-28)26-18(17)20(30)27-6-3-16(4-7-27)19(29)24-13-15-2-1-5-23-12-15/h1-2,5,12,14,16H,3-4,6-11,13H2,(H,24,29). The normalized spacial score (nSPS) is 17.5. The Kier molecular flexibility index (Phi) is 6.93. The van der Waals surface area contributed by atoms with Crippen LogP contribution in [-0.4, -0.2) is 71.1 Å². The maximum absolute atomic E-state index is 13.0. The second-order valence-electron chi connectivity index (χ2n) is 7.61. The molecule has 0 unspecified atom stereocenters. The molecule has 10 heteroatoms. The van der Waals surface area contributed by atoms with Crippen molar-refractivity contribution >= 4 is 29.4 Å². The van der Waals surface area contributed by atoms with Gasteiger partial charge in [-0.25, -0.2) is 9.97 Å². The van der Waals surface area contributed by atoms with Crippen molar-refractivity contribution in [2.24, 2.45) is 5.92 Å². The highest BCUT2D eigenvalue weighted by atomic mass is 35.5. The first-order valence-corrected chi connectivity index (χ1v) is 10.8. The Morgan fingerprint density at radius 2 is 1.94 bits per heavy atom. The Labute approximate surface area is 185 Å². The number of aromatic nitrogens is 3. The summed E-state index contributed by atoms with van der Waals surface area (Å²) in [4.78, 5) is 42.0. The number of carbonyl (C=O) groups excluding carboxylic acids is 2. The minimum atomic E-state index is -0.226. The fourth-order valence-corrected chi connectivity index (χ4v) is 3.93. The van der Waals surface area contributed by atoms with Gasteiger partial charge >= 0.3 is 0 Å². The quantitative estimate of drug-likeness (QED) is 0.746. The van der Waals surface area contributed by atoms with E-state index in [1.54, 1.807) is 17.3 Å². The van der Waals surface area contributed by atoms with Gasteiger partial charge in [0, 0.05) is 51.0 Å². The van der Waals surface area contributed by atoms with Crippen LogP contribution in [0.5, 0.6) is 0 Å². The fraction of sp³-hybridized carbons (Fsp3) is 0.476. The van der Waals surface area contributed by atoms with Gasteiger partial charge in [0.05, 0.1) is 24.4 Å². The van der Waals surface area contributed by atoms with Gasteiger partial charge < -0.3 is 19.9 Å². The van der Waals surface area contributed by atoms with Crippen LogP contribution < -0.4 is 10.2 Å². The molecule has 0 radical (unpaired) electrons. The number of hydrogen-bond acceptors (Lipinski definition) is 7. The van der Waals surface area contributed by atoms with Gasteiger partial charge in [-0.05, 0) is 24.5 Å². The van der Waals surface area contributed by atoms with E-state index in [0.29, 0.717) is 64.7 Å². The zero-order valence-electron chi connectivity index (χ0n) is 17.2. The summed E-state index contributed by atoms with van der Waals surface area (Å²) < 4.78 is 5.36. The third-order valence-corrected chi connectivity index (χ3v) is 5.85. The minimum Gasteiger partial charge on any atom is -0.378 e. The number of hydrogen-bond donors (Lipinski definition) is 1. The van der Waals surface area contributed by atoms with Crippen LogP contribution in [0.4, 0.5) is 5.95 Å². The van der Waals surface area contributed by atoms with Gasteiger partial charge in [0.15, 0.2) is 5.69 Å². The maximum atomic E-state index is 13.0. The molecule has 2 fully saturated rings. The number of nitrogens with zero attached hydrogens (tertiary/aromatic N) is 5. The van der Waals surface area contributed by atoms with E-state index in [1.807, 2.05) is 17.0 Å². The number of nitrogens with one attached hydrogen (secondary N) is 1. The number of pyridine rings is 1. The smallest absolute Gasteiger partial charge is 0.274 e. The largest absolute Gasteiger partial charge is 0.378 e. The second-order valence-corrected chi connectivity index (χ2v) is 8.02. The Balaban J connectivity index is 1.33. The van der Waals surface area contributed by atoms with Crippen molar-refractivity contribution in [2.45, 2.75) is 19.4 Å². The van der Waals surface area contributed by atoms with E-state index in [0.717, 1.165) is 5.56 Å².